The van der Waals surface area contributed by atoms with Gasteiger partial charge in [-0.2, -0.15) is 0 Å². The van der Waals surface area contributed by atoms with Crippen LogP contribution in [-0.4, -0.2) is 65.9 Å². The van der Waals surface area contributed by atoms with E-state index in [0.29, 0.717) is 13.1 Å². The Morgan fingerprint density at radius 1 is 1.33 bits per heavy atom. The quantitative estimate of drug-likeness (QED) is 0.700. The zero-order chi connectivity index (χ0) is 13.6. The van der Waals surface area contributed by atoms with Crippen molar-refractivity contribution in [2.75, 3.05) is 33.2 Å². The molecular formula is C13H24N2O3. The summed E-state index contributed by atoms with van der Waals surface area (Å²) in [6, 6.07) is 0. The van der Waals surface area contributed by atoms with Gasteiger partial charge in [-0.05, 0) is 34.2 Å². The van der Waals surface area contributed by atoms with Crippen molar-refractivity contribution in [3.8, 4) is 0 Å². The molecule has 1 N–H and O–H groups in total. The molecule has 2 rings (SSSR count). The second-order valence-electron chi connectivity index (χ2n) is 6.74. The Balaban J connectivity index is 1.90. The van der Waals surface area contributed by atoms with Gasteiger partial charge in [0.1, 0.15) is 5.60 Å². The first-order valence-electron chi connectivity index (χ1n) is 6.56. The second kappa shape index (κ2) is 4.38. The number of piperidine rings is 1. The Bertz CT molecular complexity index is 332. The van der Waals surface area contributed by atoms with Gasteiger partial charge in [0.25, 0.3) is 0 Å². The molecule has 2 saturated heterocycles. The third kappa shape index (κ3) is 2.62. The smallest absolute Gasteiger partial charge is 0.410 e. The van der Waals surface area contributed by atoms with E-state index in [1.165, 1.54) is 0 Å². The summed E-state index contributed by atoms with van der Waals surface area (Å²) >= 11 is 0. The van der Waals surface area contributed by atoms with Gasteiger partial charge in [0, 0.05) is 31.6 Å². The molecule has 104 valence electrons. The predicted molar refractivity (Wildman–Crippen MR) is 68.4 cm³/mol. The highest BCUT2D eigenvalue weighted by molar-refractivity contribution is 5.69. The number of aliphatic hydroxyl groups is 1. The first-order valence-corrected chi connectivity index (χ1v) is 6.56. The third-order valence-corrected chi connectivity index (χ3v) is 3.74. The number of carbonyl (C=O) groups excluding carboxylic acids is 1. The summed E-state index contributed by atoms with van der Waals surface area (Å²) in [6.07, 6.45) is 0.222. The molecule has 0 aromatic carbocycles. The first kappa shape index (κ1) is 13.6. The molecular weight excluding hydrogens is 232 g/mol. The maximum Gasteiger partial charge on any atom is 0.410 e. The van der Waals surface area contributed by atoms with Crippen LogP contribution in [-0.2, 0) is 4.74 Å². The van der Waals surface area contributed by atoms with E-state index in [0.717, 1.165) is 19.5 Å². The molecule has 2 aliphatic rings. The molecule has 1 amide bonds. The molecule has 18 heavy (non-hydrogen) atoms. The number of amides is 1. The maximum absolute atomic E-state index is 11.9. The molecule has 5 heteroatoms. The Kier molecular flexibility index (Phi) is 3.32. The monoisotopic (exact) mass is 256 g/mol. The fraction of sp³-hybridized carbons (Fsp3) is 0.923. The van der Waals surface area contributed by atoms with E-state index >= 15 is 0 Å². The van der Waals surface area contributed by atoms with E-state index in [4.69, 9.17) is 4.74 Å². The molecule has 1 atom stereocenters. The first-order chi connectivity index (χ1) is 8.22. The third-order valence-electron chi connectivity index (χ3n) is 3.74. The SMILES string of the molecule is CN1CCC(O)C2(C1)CN(C(=O)OC(C)(C)C)C2. The van der Waals surface area contributed by atoms with Gasteiger partial charge in [-0.1, -0.05) is 0 Å². The van der Waals surface area contributed by atoms with Gasteiger partial charge < -0.3 is 19.6 Å². The molecule has 2 fully saturated rings. The Morgan fingerprint density at radius 2 is 1.94 bits per heavy atom. The number of aliphatic hydroxyl groups excluding tert-OH is 1. The molecule has 2 heterocycles. The average Bonchev–Trinajstić information content (AvgIpc) is 2.15. The largest absolute Gasteiger partial charge is 0.444 e. The molecule has 2 aliphatic heterocycles. The van der Waals surface area contributed by atoms with Crippen molar-refractivity contribution in [2.24, 2.45) is 5.41 Å². The van der Waals surface area contributed by atoms with Gasteiger partial charge in [0.05, 0.1) is 6.10 Å². The number of carbonyl (C=O) groups is 1. The van der Waals surface area contributed by atoms with Crippen molar-refractivity contribution in [1.82, 2.24) is 9.80 Å². The minimum absolute atomic E-state index is 0.135. The van der Waals surface area contributed by atoms with Crippen LogP contribution in [0.1, 0.15) is 27.2 Å². The minimum atomic E-state index is -0.457. The highest BCUT2D eigenvalue weighted by Gasteiger charge is 2.53. The number of likely N-dealkylation sites (tertiary alicyclic amines) is 2. The van der Waals surface area contributed by atoms with E-state index in [-0.39, 0.29) is 17.6 Å². The zero-order valence-corrected chi connectivity index (χ0v) is 11.8. The molecule has 0 radical (unpaired) electrons. The van der Waals surface area contributed by atoms with Crippen molar-refractivity contribution < 1.29 is 14.6 Å². The van der Waals surface area contributed by atoms with Crippen molar-refractivity contribution in [1.29, 1.82) is 0 Å². The highest BCUT2D eigenvalue weighted by atomic mass is 16.6. The van der Waals surface area contributed by atoms with Gasteiger partial charge in [-0.3, -0.25) is 0 Å². The lowest BCUT2D eigenvalue weighted by Crippen LogP contribution is -2.69. The standard InChI is InChI=1S/C13H24N2O3/c1-12(2,3)18-11(17)15-8-13(9-15)7-14(4)6-5-10(13)16/h10,16H,5-9H2,1-4H3. The van der Waals surface area contributed by atoms with Crippen LogP contribution >= 0.6 is 0 Å². The Hall–Kier alpha value is -0.810. The molecule has 0 aliphatic carbocycles. The van der Waals surface area contributed by atoms with E-state index < -0.39 is 5.60 Å². The lowest BCUT2D eigenvalue weighted by atomic mass is 9.71. The molecule has 0 aromatic heterocycles. The molecule has 5 nitrogen and oxygen atoms in total. The summed E-state index contributed by atoms with van der Waals surface area (Å²) in [5, 5.41) is 10.1. The van der Waals surface area contributed by atoms with Crippen LogP contribution in [0.25, 0.3) is 0 Å². The predicted octanol–water partition coefficient (Wildman–Crippen LogP) is 0.920. The van der Waals surface area contributed by atoms with Crippen molar-refractivity contribution >= 4 is 6.09 Å². The molecule has 0 aromatic rings. The minimum Gasteiger partial charge on any atom is -0.444 e. The number of hydrogen-bond donors (Lipinski definition) is 1. The van der Waals surface area contributed by atoms with Crippen LogP contribution in [0.3, 0.4) is 0 Å². The van der Waals surface area contributed by atoms with Gasteiger partial charge >= 0.3 is 6.09 Å². The number of hydrogen-bond acceptors (Lipinski definition) is 4. The van der Waals surface area contributed by atoms with Crippen molar-refractivity contribution in [3.63, 3.8) is 0 Å². The van der Waals surface area contributed by atoms with Crippen molar-refractivity contribution in [2.45, 2.75) is 38.9 Å². The fourth-order valence-corrected chi connectivity index (χ4v) is 2.85. The van der Waals surface area contributed by atoms with E-state index in [1.54, 1.807) is 4.90 Å². The van der Waals surface area contributed by atoms with Crippen LogP contribution in [0, 0.1) is 5.41 Å². The van der Waals surface area contributed by atoms with Crippen LogP contribution in [0.15, 0.2) is 0 Å². The summed E-state index contributed by atoms with van der Waals surface area (Å²) in [5.74, 6) is 0. The average molecular weight is 256 g/mol. The van der Waals surface area contributed by atoms with Crippen LogP contribution in [0.4, 0.5) is 4.79 Å². The topological polar surface area (TPSA) is 53.0 Å². The van der Waals surface area contributed by atoms with Crippen molar-refractivity contribution in [3.05, 3.63) is 0 Å². The summed E-state index contributed by atoms with van der Waals surface area (Å²) < 4.78 is 5.33. The number of ether oxygens (including phenoxy) is 1. The van der Waals surface area contributed by atoms with E-state index in [9.17, 15) is 9.90 Å². The van der Waals surface area contributed by atoms with Gasteiger partial charge in [0.15, 0.2) is 0 Å². The normalized spacial score (nSPS) is 28.1. The summed E-state index contributed by atoms with van der Waals surface area (Å²) in [4.78, 5) is 15.8. The molecule has 1 unspecified atom stereocenters. The Labute approximate surface area is 109 Å². The highest BCUT2D eigenvalue weighted by Crippen LogP contribution is 2.39. The van der Waals surface area contributed by atoms with Crippen LogP contribution < -0.4 is 0 Å². The van der Waals surface area contributed by atoms with Gasteiger partial charge in [-0.15, -0.1) is 0 Å². The Morgan fingerprint density at radius 3 is 2.50 bits per heavy atom. The van der Waals surface area contributed by atoms with Gasteiger partial charge in [0.2, 0.25) is 0 Å². The van der Waals surface area contributed by atoms with Crippen LogP contribution in [0.5, 0.6) is 0 Å². The zero-order valence-electron chi connectivity index (χ0n) is 11.8. The van der Waals surface area contributed by atoms with Gasteiger partial charge in [-0.25, -0.2) is 4.79 Å². The lowest BCUT2D eigenvalue weighted by Gasteiger charge is -2.56. The summed E-state index contributed by atoms with van der Waals surface area (Å²) in [5.41, 5.74) is -0.592. The molecule has 1 spiro atoms. The molecule has 0 saturated carbocycles. The maximum atomic E-state index is 11.9. The van der Waals surface area contributed by atoms with E-state index in [1.807, 2.05) is 20.8 Å². The van der Waals surface area contributed by atoms with Crippen LogP contribution in [0.2, 0.25) is 0 Å². The number of rotatable bonds is 0. The summed E-state index contributed by atoms with van der Waals surface area (Å²) in [6.45, 7) is 8.58. The second-order valence-corrected chi connectivity index (χ2v) is 6.74. The summed E-state index contributed by atoms with van der Waals surface area (Å²) in [7, 11) is 2.06. The number of nitrogens with zero attached hydrogens (tertiary/aromatic N) is 2. The fourth-order valence-electron chi connectivity index (χ4n) is 2.85. The lowest BCUT2D eigenvalue weighted by molar-refractivity contribution is -0.126. The molecule has 0 bridgehead atoms. The van der Waals surface area contributed by atoms with E-state index in [2.05, 4.69) is 11.9 Å².